The molecule has 15 heteroatoms. The van der Waals surface area contributed by atoms with Gasteiger partial charge in [0.25, 0.3) is 15.6 Å². The molecule has 1 N–H and O–H groups in total. The molecule has 0 aliphatic heterocycles. The van der Waals surface area contributed by atoms with Crippen LogP contribution in [0.25, 0.3) is 32.9 Å². The minimum absolute atomic E-state index is 0.0208. The van der Waals surface area contributed by atoms with Crippen molar-refractivity contribution in [2.75, 3.05) is 4.72 Å². The highest BCUT2D eigenvalue weighted by Crippen LogP contribution is 2.31. The number of hydrogen-bond acceptors (Lipinski definition) is 8. The van der Waals surface area contributed by atoms with Crippen LogP contribution in [0, 0.1) is 17.3 Å². The summed E-state index contributed by atoms with van der Waals surface area (Å²) < 4.78 is 43.1. The largest absolute Gasteiger partial charge is 0.293 e. The van der Waals surface area contributed by atoms with Crippen molar-refractivity contribution < 1.29 is 12.8 Å². The Morgan fingerprint density at radius 1 is 1.10 bits per heavy atom. The van der Waals surface area contributed by atoms with Crippen molar-refractivity contribution in [1.29, 1.82) is 5.26 Å². The average Bonchev–Trinajstić information content (AvgIpc) is 3.54. The number of benzene rings is 2. The molecule has 0 atom stereocenters. The Bertz CT molecular complexity index is 1950. The van der Waals surface area contributed by atoms with E-state index in [1.165, 1.54) is 18.5 Å². The van der Waals surface area contributed by atoms with E-state index < -0.39 is 21.4 Å². The van der Waals surface area contributed by atoms with Crippen LogP contribution in [-0.2, 0) is 10.0 Å². The minimum Gasteiger partial charge on any atom is -0.277 e. The quantitative estimate of drug-likeness (QED) is 0.234. The molecule has 0 bridgehead atoms. The molecule has 3 heterocycles. The van der Waals surface area contributed by atoms with Gasteiger partial charge in [-0.2, -0.15) is 5.26 Å². The number of halogens is 3. The van der Waals surface area contributed by atoms with Gasteiger partial charge in [-0.15, -0.1) is 14.9 Å². The molecule has 10 nitrogen and oxygen atoms in total. The summed E-state index contributed by atoms with van der Waals surface area (Å²) >= 11 is 13.0. The molecule has 5 rings (SSSR count). The number of anilines is 1. The van der Waals surface area contributed by atoms with Crippen LogP contribution >= 0.6 is 34.5 Å². The molecule has 0 unspecified atom stereocenters. The second-order valence-electron chi connectivity index (χ2n) is 7.59. The van der Waals surface area contributed by atoms with Gasteiger partial charge in [0.05, 0.1) is 28.5 Å². The molecule has 40 heavy (non-hydrogen) atoms. The summed E-state index contributed by atoms with van der Waals surface area (Å²) in [5.74, 6) is -0.764. The fraction of sp³-hybridized carbons (Fsp3) is 0.0800. The zero-order chi connectivity index (χ0) is 29.0. The standard InChI is InChI=1S/C23H12Cl2FN7O3S2.C2H6/c24-16-6-7-17(26)19(25)15(16)8-9-38(35,36)31-14-10-28-20-18(23(34)33(12-27)32(20)11-14)22-30-29-21(37-22)13-4-2-1-3-5-13;1-2/h1-11,31H;1-2H3/b9-8+;. The van der Waals surface area contributed by atoms with Crippen LogP contribution in [0.4, 0.5) is 10.1 Å². The van der Waals surface area contributed by atoms with Crippen LogP contribution in [0.1, 0.15) is 19.4 Å². The second-order valence-corrected chi connectivity index (χ2v) is 10.9. The molecule has 3 aromatic heterocycles. The first-order valence-electron chi connectivity index (χ1n) is 11.5. The second kappa shape index (κ2) is 12.0. The maximum Gasteiger partial charge on any atom is 0.293 e. The van der Waals surface area contributed by atoms with Gasteiger partial charge in [0.15, 0.2) is 10.7 Å². The molecule has 204 valence electrons. The Hall–Kier alpha value is -4.09. The van der Waals surface area contributed by atoms with E-state index in [9.17, 15) is 22.9 Å². The maximum atomic E-state index is 13.7. The number of hydrogen-bond donors (Lipinski definition) is 1. The van der Waals surface area contributed by atoms with Gasteiger partial charge in [-0.25, -0.2) is 22.3 Å². The SMILES string of the molecule is CC.N#Cn1c(=O)c(-c2nnc(-c3ccccc3)s2)c2ncc(NS(=O)(=O)/C=C/c3c(Cl)ccc(F)c3Cl)cn21. The molecule has 0 spiro atoms. The van der Waals surface area contributed by atoms with E-state index in [1.807, 2.05) is 44.2 Å². The van der Waals surface area contributed by atoms with Gasteiger partial charge in [0.2, 0.25) is 6.19 Å². The summed E-state index contributed by atoms with van der Waals surface area (Å²) in [7, 11) is -4.16. The first-order chi connectivity index (χ1) is 19.2. The van der Waals surface area contributed by atoms with E-state index >= 15 is 0 Å². The molecular formula is C25H18Cl2FN7O3S2. The van der Waals surface area contributed by atoms with E-state index in [1.54, 1.807) is 6.19 Å². The topological polar surface area (TPSA) is 135 Å². The fourth-order valence-corrected chi connectivity index (χ4v) is 5.65. The molecule has 0 aliphatic carbocycles. The maximum absolute atomic E-state index is 13.7. The smallest absolute Gasteiger partial charge is 0.277 e. The van der Waals surface area contributed by atoms with Crippen LogP contribution in [0.5, 0.6) is 0 Å². The zero-order valence-electron chi connectivity index (χ0n) is 20.7. The highest BCUT2D eigenvalue weighted by atomic mass is 35.5. The van der Waals surface area contributed by atoms with Crippen molar-refractivity contribution in [1.82, 2.24) is 24.4 Å². The number of nitrogens with one attached hydrogen (secondary N) is 1. The summed E-state index contributed by atoms with van der Waals surface area (Å²) in [6.45, 7) is 4.00. The number of rotatable bonds is 6. The molecule has 0 saturated carbocycles. The van der Waals surface area contributed by atoms with Crippen molar-refractivity contribution in [2.45, 2.75) is 13.8 Å². The summed E-state index contributed by atoms with van der Waals surface area (Å²) in [6.07, 6.45) is 5.18. The highest BCUT2D eigenvalue weighted by molar-refractivity contribution is 7.95. The van der Waals surface area contributed by atoms with Gasteiger partial charge in [-0.3, -0.25) is 9.52 Å². The molecule has 0 aliphatic rings. The minimum atomic E-state index is -4.16. The third-order valence-electron chi connectivity index (χ3n) is 5.16. The lowest BCUT2D eigenvalue weighted by Gasteiger charge is -2.06. The van der Waals surface area contributed by atoms with Crippen LogP contribution < -0.4 is 10.3 Å². The first kappa shape index (κ1) is 28.9. The zero-order valence-corrected chi connectivity index (χ0v) is 23.9. The Morgan fingerprint density at radius 3 is 2.50 bits per heavy atom. The molecule has 0 radical (unpaired) electrons. The number of nitrogens with zero attached hydrogens (tertiary/aromatic N) is 6. The summed E-state index contributed by atoms with van der Waals surface area (Å²) in [5, 5.41) is 19.1. The lowest BCUT2D eigenvalue weighted by atomic mass is 10.2. The predicted octanol–water partition coefficient (Wildman–Crippen LogP) is 5.90. The van der Waals surface area contributed by atoms with Gasteiger partial charge < -0.3 is 0 Å². The molecule has 0 amide bonds. The molecule has 0 fully saturated rings. The predicted molar refractivity (Wildman–Crippen MR) is 154 cm³/mol. The molecule has 2 aromatic carbocycles. The van der Waals surface area contributed by atoms with Crippen LogP contribution in [0.3, 0.4) is 0 Å². The van der Waals surface area contributed by atoms with E-state index in [0.29, 0.717) is 9.69 Å². The van der Waals surface area contributed by atoms with Crippen molar-refractivity contribution in [3.8, 4) is 27.3 Å². The lowest BCUT2D eigenvalue weighted by molar-refractivity contribution is 0.609. The number of fused-ring (bicyclic) bond motifs is 1. The van der Waals surface area contributed by atoms with Gasteiger partial charge >= 0.3 is 0 Å². The van der Waals surface area contributed by atoms with Crippen LogP contribution in [0.2, 0.25) is 10.0 Å². The average molecular weight is 619 g/mol. The van der Waals surface area contributed by atoms with Crippen LogP contribution in [-0.4, -0.2) is 32.8 Å². The molecule has 5 aromatic rings. The van der Waals surface area contributed by atoms with Crippen molar-refractivity contribution in [3.63, 3.8) is 0 Å². The van der Waals surface area contributed by atoms with Gasteiger partial charge in [-0.05, 0) is 18.2 Å². The third-order valence-corrected chi connectivity index (χ3v) is 7.88. The summed E-state index contributed by atoms with van der Waals surface area (Å²) in [5.41, 5.74) is 0.129. The normalized spacial score (nSPS) is 11.3. The first-order valence-corrected chi connectivity index (χ1v) is 14.6. The van der Waals surface area contributed by atoms with E-state index in [2.05, 4.69) is 19.9 Å². The van der Waals surface area contributed by atoms with Crippen LogP contribution in [0.15, 0.2) is 65.1 Å². The monoisotopic (exact) mass is 617 g/mol. The fourth-order valence-electron chi connectivity index (χ4n) is 3.45. The third kappa shape index (κ3) is 5.75. The molecule has 0 saturated heterocycles. The number of sulfonamides is 1. The summed E-state index contributed by atoms with van der Waals surface area (Å²) in [4.78, 5) is 17.2. The van der Waals surface area contributed by atoms with E-state index in [4.69, 9.17) is 23.2 Å². The van der Waals surface area contributed by atoms with E-state index in [-0.39, 0.29) is 37.5 Å². The van der Waals surface area contributed by atoms with Crippen molar-refractivity contribution in [2.24, 2.45) is 0 Å². The van der Waals surface area contributed by atoms with E-state index in [0.717, 1.165) is 39.0 Å². The highest BCUT2D eigenvalue weighted by Gasteiger charge is 2.22. The number of nitriles is 1. The Balaban J connectivity index is 0.00000181. The van der Waals surface area contributed by atoms with Crippen molar-refractivity contribution >= 4 is 62.0 Å². The summed E-state index contributed by atoms with van der Waals surface area (Å²) in [6, 6.07) is 11.5. The van der Waals surface area contributed by atoms with Crippen molar-refractivity contribution in [3.05, 3.63) is 92.0 Å². The Labute approximate surface area is 241 Å². The Morgan fingerprint density at radius 2 is 1.80 bits per heavy atom. The Kier molecular flexibility index (Phi) is 8.65. The number of aromatic nitrogens is 5. The van der Waals surface area contributed by atoms with Gasteiger partial charge in [-0.1, -0.05) is 78.7 Å². The molecular weight excluding hydrogens is 600 g/mol. The lowest BCUT2D eigenvalue weighted by Crippen LogP contribution is -2.16. The van der Waals surface area contributed by atoms with Gasteiger partial charge in [0.1, 0.15) is 16.4 Å². The van der Waals surface area contributed by atoms with Gasteiger partial charge in [0, 0.05) is 16.1 Å².